The molecule has 0 saturated carbocycles. The van der Waals surface area contributed by atoms with Crippen molar-refractivity contribution in [1.29, 1.82) is 0 Å². The largest absolute Gasteiger partial charge is 0.350 e. The molecule has 2 aliphatic rings. The zero-order valence-corrected chi connectivity index (χ0v) is 7.66. The summed E-state index contributed by atoms with van der Waals surface area (Å²) in [5.41, 5.74) is 2.59. The summed E-state index contributed by atoms with van der Waals surface area (Å²) in [5, 5.41) is 4.32. The van der Waals surface area contributed by atoms with Crippen LogP contribution in [0.15, 0.2) is 47.2 Å². The molecule has 2 heteroatoms. The molecule has 12 heavy (non-hydrogen) atoms. The Kier molecular flexibility index (Phi) is 2.09. The fraction of sp³-hybridized carbons (Fsp3) is 0.200. The van der Waals surface area contributed by atoms with E-state index in [2.05, 4.69) is 36.2 Å². The molecule has 0 bridgehead atoms. The van der Waals surface area contributed by atoms with Crippen LogP contribution in [0, 0.1) is 0 Å². The van der Waals surface area contributed by atoms with Gasteiger partial charge in [-0.15, -0.1) is 11.8 Å². The standard InChI is InChI=1S/C10H11NS/c1-8-11-10-6-4-2-3-5-9(10)7-12-8/h3-6,11H,1-2,7H2. The Labute approximate surface area is 76.9 Å². The maximum Gasteiger partial charge on any atom is 0.0655 e. The second-order valence-corrected chi connectivity index (χ2v) is 3.89. The minimum absolute atomic E-state index is 1.03. The Hall–Kier alpha value is -0.890. The first-order valence-corrected chi connectivity index (χ1v) is 5.00. The zero-order chi connectivity index (χ0) is 8.39. The lowest BCUT2D eigenvalue weighted by Gasteiger charge is -2.18. The molecule has 1 N–H and O–H groups in total. The Morgan fingerprint density at radius 1 is 1.33 bits per heavy atom. The highest BCUT2D eigenvalue weighted by Gasteiger charge is 2.11. The maximum absolute atomic E-state index is 3.90. The highest BCUT2D eigenvalue weighted by Crippen LogP contribution is 2.26. The summed E-state index contributed by atoms with van der Waals surface area (Å²) in [6.45, 7) is 3.90. The van der Waals surface area contributed by atoms with Crippen molar-refractivity contribution in [1.82, 2.24) is 5.32 Å². The van der Waals surface area contributed by atoms with Crippen LogP contribution < -0.4 is 5.32 Å². The van der Waals surface area contributed by atoms with Crippen molar-refractivity contribution in [2.75, 3.05) is 5.75 Å². The summed E-state index contributed by atoms with van der Waals surface area (Å²) in [5.74, 6) is 1.04. The first kappa shape index (κ1) is 7.74. The van der Waals surface area contributed by atoms with Gasteiger partial charge in [0.25, 0.3) is 0 Å². The lowest BCUT2D eigenvalue weighted by molar-refractivity contribution is 1.05. The average Bonchev–Trinajstić information content (AvgIpc) is 2.28. The lowest BCUT2D eigenvalue weighted by Crippen LogP contribution is -2.16. The lowest BCUT2D eigenvalue weighted by atomic mass is 10.2. The summed E-state index contributed by atoms with van der Waals surface area (Å²) < 4.78 is 0. The molecule has 1 heterocycles. The van der Waals surface area contributed by atoms with Gasteiger partial charge in [0, 0.05) is 11.4 Å². The minimum Gasteiger partial charge on any atom is -0.350 e. The number of nitrogens with one attached hydrogen (secondary N) is 1. The summed E-state index contributed by atoms with van der Waals surface area (Å²) in [6.07, 6.45) is 9.72. The Morgan fingerprint density at radius 2 is 2.17 bits per heavy atom. The van der Waals surface area contributed by atoms with Crippen LogP contribution in [0.5, 0.6) is 0 Å². The van der Waals surface area contributed by atoms with Crippen LogP contribution in [0.3, 0.4) is 0 Å². The molecule has 0 atom stereocenters. The Morgan fingerprint density at radius 3 is 3.08 bits per heavy atom. The van der Waals surface area contributed by atoms with Crippen molar-refractivity contribution in [3.8, 4) is 0 Å². The Bertz CT molecular complexity index is 297. The normalized spacial score (nSPS) is 21.8. The van der Waals surface area contributed by atoms with Gasteiger partial charge in [0.05, 0.1) is 5.03 Å². The van der Waals surface area contributed by atoms with E-state index in [9.17, 15) is 0 Å². The molecule has 0 saturated heterocycles. The predicted octanol–water partition coefficient (Wildman–Crippen LogP) is 2.56. The number of rotatable bonds is 0. The molecular weight excluding hydrogens is 166 g/mol. The van der Waals surface area contributed by atoms with Crippen LogP contribution in [0.25, 0.3) is 0 Å². The number of allylic oxidation sites excluding steroid dienone is 4. The molecular formula is C10H11NS. The number of hydrogen-bond donors (Lipinski definition) is 1. The fourth-order valence-electron chi connectivity index (χ4n) is 1.27. The molecule has 1 aliphatic carbocycles. The van der Waals surface area contributed by atoms with Gasteiger partial charge in [-0.25, -0.2) is 0 Å². The second kappa shape index (κ2) is 3.23. The quantitative estimate of drug-likeness (QED) is 0.610. The van der Waals surface area contributed by atoms with Crippen LogP contribution in [0.1, 0.15) is 6.42 Å². The number of thioether (sulfide) groups is 1. The van der Waals surface area contributed by atoms with Crippen molar-refractivity contribution in [2.24, 2.45) is 0 Å². The summed E-state index contributed by atoms with van der Waals surface area (Å²) >= 11 is 1.76. The summed E-state index contributed by atoms with van der Waals surface area (Å²) in [6, 6.07) is 0. The van der Waals surface area contributed by atoms with Gasteiger partial charge in [-0.05, 0) is 18.1 Å². The van der Waals surface area contributed by atoms with Gasteiger partial charge in [-0.3, -0.25) is 0 Å². The zero-order valence-electron chi connectivity index (χ0n) is 6.84. The highest BCUT2D eigenvalue weighted by atomic mass is 32.2. The van der Waals surface area contributed by atoms with E-state index in [1.54, 1.807) is 11.8 Å². The molecule has 0 unspecified atom stereocenters. The molecule has 0 radical (unpaired) electrons. The number of hydrogen-bond acceptors (Lipinski definition) is 2. The van der Waals surface area contributed by atoms with E-state index >= 15 is 0 Å². The van der Waals surface area contributed by atoms with E-state index in [0.717, 1.165) is 17.2 Å². The molecule has 0 aromatic carbocycles. The SMILES string of the molecule is C=C1NC2=C(C=CCC=C2)CS1. The van der Waals surface area contributed by atoms with E-state index in [0.29, 0.717) is 0 Å². The van der Waals surface area contributed by atoms with E-state index in [-0.39, 0.29) is 0 Å². The third-order valence-electron chi connectivity index (χ3n) is 1.90. The van der Waals surface area contributed by atoms with Gasteiger partial charge in [0.1, 0.15) is 0 Å². The van der Waals surface area contributed by atoms with Gasteiger partial charge < -0.3 is 5.32 Å². The first-order valence-electron chi connectivity index (χ1n) is 4.01. The topological polar surface area (TPSA) is 12.0 Å². The van der Waals surface area contributed by atoms with Crippen LogP contribution in [-0.4, -0.2) is 5.75 Å². The Balaban J connectivity index is 2.33. The van der Waals surface area contributed by atoms with E-state index < -0.39 is 0 Å². The van der Waals surface area contributed by atoms with Gasteiger partial charge >= 0.3 is 0 Å². The molecule has 1 nitrogen and oxygen atoms in total. The smallest absolute Gasteiger partial charge is 0.0655 e. The van der Waals surface area contributed by atoms with Gasteiger partial charge in [-0.2, -0.15) is 0 Å². The van der Waals surface area contributed by atoms with Crippen LogP contribution in [0.4, 0.5) is 0 Å². The highest BCUT2D eigenvalue weighted by molar-refractivity contribution is 8.03. The van der Waals surface area contributed by atoms with Crippen LogP contribution in [0.2, 0.25) is 0 Å². The van der Waals surface area contributed by atoms with E-state index in [1.165, 1.54) is 11.3 Å². The summed E-state index contributed by atoms with van der Waals surface area (Å²) in [7, 11) is 0. The molecule has 62 valence electrons. The third kappa shape index (κ3) is 1.48. The van der Waals surface area contributed by atoms with E-state index in [1.807, 2.05) is 0 Å². The molecule has 2 rings (SSSR count). The molecule has 0 aromatic rings. The minimum atomic E-state index is 1.03. The molecule has 0 aromatic heterocycles. The van der Waals surface area contributed by atoms with Crippen LogP contribution >= 0.6 is 11.8 Å². The van der Waals surface area contributed by atoms with Crippen molar-refractivity contribution in [3.05, 3.63) is 47.2 Å². The van der Waals surface area contributed by atoms with Crippen molar-refractivity contribution in [3.63, 3.8) is 0 Å². The molecule has 0 fully saturated rings. The first-order chi connectivity index (χ1) is 5.86. The van der Waals surface area contributed by atoms with Crippen molar-refractivity contribution in [2.45, 2.75) is 6.42 Å². The second-order valence-electron chi connectivity index (χ2n) is 2.82. The van der Waals surface area contributed by atoms with Crippen molar-refractivity contribution >= 4 is 11.8 Å². The maximum atomic E-state index is 3.90. The molecule has 0 spiro atoms. The van der Waals surface area contributed by atoms with Gasteiger partial charge in [0.15, 0.2) is 0 Å². The van der Waals surface area contributed by atoms with Crippen LogP contribution in [-0.2, 0) is 0 Å². The average molecular weight is 177 g/mol. The fourth-order valence-corrected chi connectivity index (χ4v) is 2.03. The van der Waals surface area contributed by atoms with Crippen molar-refractivity contribution < 1.29 is 0 Å². The molecule has 0 amide bonds. The van der Waals surface area contributed by atoms with Gasteiger partial charge in [-0.1, -0.05) is 24.8 Å². The summed E-state index contributed by atoms with van der Waals surface area (Å²) in [4.78, 5) is 0. The third-order valence-corrected chi connectivity index (χ3v) is 2.80. The van der Waals surface area contributed by atoms with Gasteiger partial charge in [0.2, 0.25) is 0 Å². The monoisotopic (exact) mass is 177 g/mol. The van der Waals surface area contributed by atoms with E-state index in [4.69, 9.17) is 0 Å². The molecule has 1 aliphatic heterocycles. The predicted molar refractivity (Wildman–Crippen MR) is 54.7 cm³/mol.